The van der Waals surface area contributed by atoms with Crippen LogP contribution in [0.15, 0.2) is 24.3 Å². The number of benzene rings is 1. The molecule has 2 amide bonds. The van der Waals surface area contributed by atoms with Crippen molar-refractivity contribution in [3.05, 3.63) is 35.4 Å². The van der Waals surface area contributed by atoms with Gasteiger partial charge in [0.05, 0.1) is 6.61 Å². The highest BCUT2D eigenvalue weighted by atomic mass is 16.2. The lowest BCUT2D eigenvalue weighted by Gasteiger charge is -2.24. The summed E-state index contributed by atoms with van der Waals surface area (Å²) in [6.45, 7) is 3.51. The lowest BCUT2D eigenvalue weighted by molar-refractivity contribution is -0.119. The van der Waals surface area contributed by atoms with Crippen molar-refractivity contribution >= 4 is 11.8 Å². The number of amides is 2. The van der Waals surface area contributed by atoms with Gasteiger partial charge in [0, 0.05) is 29.5 Å². The van der Waals surface area contributed by atoms with Gasteiger partial charge < -0.3 is 16.2 Å². The highest BCUT2D eigenvalue weighted by Gasteiger charge is 2.23. The lowest BCUT2D eigenvalue weighted by Crippen LogP contribution is -2.46. The van der Waals surface area contributed by atoms with Crippen LogP contribution >= 0.6 is 0 Å². The molecule has 0 radical (unpaired) electrons. The molecule has 0 spiro atoms. The molecule has 112 valence electrons. The van der Waals surface area contributed by atoms with Crippen LogP contribution in [0.25, 0.3) is 0 Å². The van der Waals surface area contributed by atoms with Crippen LogP contribution in [0.3, 0.4) is 0 Å². The Kier molecular flexibility index (Phi) is 5.94. The standard InChI is InChI=1S/C16H20N2O3/c1-16(2,11-14(17)20)18-15(21)13-8-6-12(7-9-13)5-3-4-10-19/h6-9,19H,4,10-11H2,1-2H3,(H2,17,20)(H,18,21). The minimum Gasteiger partial charge on any atom is -0.395 e. The van der Waals surface area contributed by atoms with Crippen LogP contribution < -0.4 is 11.1 Å². The van der Waals surface area contributed by atoms with Gasteiger partial charge in [-0.3, -0.25) is 9.59 Å². The summed E-state index contributed by atoms with van der Waals surface area (Å²) in [4.78, 5) is 23.0. The number of primary amides is 1. The third-order valence-electron chi connectivity index (χ3n) is 2.68. The second-order valence-electron chi connectivity index (χ2n) is 5.33. The molecule has 0 aliphatic heterocycles. The molecule has 5 heteroatoms. The molecule has 5 nitrogen and oxygen atoms in total. The van der Waals surface area contributed by atoms with E-state index in [4.69, 9.17) is 10.8 Å². The molecule has 1 aromatic carbocycles. The van der Waals surface area contributed by atoms with Gasteiger partial charge in [0.1, 0.15) is 0 Å². The molecule has 0 aliphatic carbocycles. The van der Waals surface area contributed by atoms with E-state index in [-0.39, 0.29) is 18.9 Å². The van der Waals surface area contributed by atoms with E-state index in [1.54, 1.807) is 38.1 Å². The summed E-state index contributed by atoms with van der Waals surface area (Å²) in [5, 5.41) is 11.4. The zero-order valence-corrected chi connectivity index (χ0v) is 12.3. The number of rotatable bonds is 5. The zero-order chi connectivity index (χ0) is 15.9. The average Bonchev–Trinajstić information content (AvgIpc) is 2.37. The molecular weight excluding hydrogens is 268 g/mol. The minimum atomic E-state index is -0.692. The van der Waals surface area contributed by atoms with Crippen molar-refractivity contribution in [3.8, 4) is 11.8 Å². The van der Waals surface area contributed by atoms with Gasteiger partial charge in [-0.15, -0.1) is 0 Å². The fourth-order valence-corrected chi connectivity index (χ4v) is 1.78. The van der Waals surface area contributed by atoms with E-state index in [0.29, 0.717) is 12.0 Å². The Hall–Kier alpha value is -2.32. The lowest BCUT2D eigenvalue weighted by atomic mass is 9.99. The molecule has 0 fully saturated rings. The van der Waals surface area contributed by atoms with Crippen LogP contribution in [0, 0.1) is 11.8 Å². The highest BCUT2D eigenvalue weighted by Crippen LogP contribution is 2.10. The van der Waals surface area contributed by atoms with Crippen LogP contribution in [0.1, 0.15) is 42.6 Å². The Morgan fingerprint density at radius 3 is 2.43 bits per heavy atom. The molecule has 0 saturated carbocycles. The normalized spacial score (nSPS) is 10.4. The topological polar surface area (TPSA) is 92.4 Å². The number of hydrogen-bond acceptors (Lipinski definition) is 3. The number of hydrogen-bond donors (Lipinski definition) is 3. The van der Waals surface area contributed by atoms with Crippen molar-refractivity contribution in [2.24, 2.45) is 5.73 Å². The first-order valence-corrected chi connectivity index (χ1v) is 6.65. The maximum Gasteiger partial charge on any atom is 0.251 e. The van der Waals surface area contributed by atoms with Gasteiger partial charge in [0.25, 0.3) is 5.91 Å². The molecule has 0 unspecified atom stereocenters. The largest absolute Gasteiger partial charge is 0.395 e. The van der Waals surface area contributed by atoms with Crippen LogP contribution in [-0.2, 0) is 4.79 Å². The Morgan fingerprint density at radius 2 is 1.90 bits per heavy atom. The van der Waals surface area contributed by atoms with Crippen molar-refractivity contribution in [2.75, 3.05) is 6.61 Å². The Balaban J connectivity index is 2.72. The van der Waals surface area contributed by atoms with Gasteiger partial charge in [-0.2, -0.15) is 0 Å². The van der Waals surface area contributed by atoms with Crippen LogP contribution in [0.2, 0.25) is 0 Å². The number of aliphatic hydroxyl groups excluding tert-OH is 1. The van der Waals surface area contributed by atoms with Gasteiger partial charge >= 0.3 is 0 Å². The molecule has 0 bridgehead atoms. The van der Waals surface area contributed by atoms with Crippen molar-refractivity contribution in [3.63, 3.8) is 0 Å². The summed E-state index contributed by atoms with van der Waals surface area (Å²) in [7, 11) is 0. The van der Waals surface area contributed by atoms with Crippen LogP contribution in [0.4, 0.5) is 0 Å². The Bertz CT molecular complexity index is 565. The first-order chi connectivity index (χ1) is 9.84. The van der Waals surface area contributed by atoms with E-state index >= 15 is 0 Å². The second-order valence-corrected chi connectivity index (χ2v) is 5.33. The summed E-state index contributed by atoms with van der Waals surface area (Å²) >= 11 is 0. The molecular formula is C16H20N2O3. The number of aliphatic hydroxyl groups is 1. The van der Waals surface area contributed by atoms with E-state index in [9.17, 15) is 9.59 Å². The van der Waals surface area contributed by atoms with Gasteiger partial charge in [-0.1, -0.05) is 11.8 Å². The molecule has 0 atom stereocenters. The Morgan fingerprint density at radius 1 is 1.29 bits per heavy atom. The average molecular weight is 288 g/mol. The third kappa shape index (κ3) is 6.11. The summed E-state index contributed by atoms with van der Waals surface area (Å²) in [5.41, 5.74) is 5.72. The fraction of sp³-hybridized carbons (Fsp3) is 0.375. The summed E-state index contributed by atoms with van der Waals surface area (Å²) in [6, 6.07) is 6.80. The predicted octanol–water partition coefficient (Wildman–Crippen LogP) is 0.804. The molecule has 4 N–H and O–H groups in total. The molecule has 0 heterocycles. The maximum absolute atomic E-state index is 12.1. The van der Waals surface area contributed by atoms with Gasteiger partial charge in [0.15, 0.2) is 0 Å². The van der Waals surface area contributed by atoms with E-state index in [1.807, 2.05) is 0 Å². The fourth-order valence-electron chi connectivity index (χ4n) is 1.78. The van der Waals surface area contributed by atoms with Crippen molar-refractivity contribution in [2.45, 2.75) is 32.2 Å². The molecule has 1 rings (SSSR count). The molecule has 21 heavy (non-hydrogen) atoms. The zero-order valence-electron chi connectivity index (χ0n) is 12.3. The first kappa shape index (κ1) is 16.7. The second kappa shape index (κ2) is 7.46. The molecule has 0 saturated heterocycles. The SMILES string of the molecule is CC(C)(CC(N)=O)NC(=O)c1ccc(C#CCCO)cc1. The van der Waals surface area contributed by atoms with Gasteiger partial charge in [-0.05, 0) is 38.1 Å². The van der Waals surface area contributed by atoms with E-state index in [2.05, 4.69) is 17.2 Å². The number of nitrogens with one attached hydrogen (secondary N) is 1. The van der Waals surface area contributed by atoms with Gasteiger partial charge in [-0.25, -0.2) is 0 Å². The number of nitrogens with two attached hydrogens (primary N) is 1. The quantitative estimate of drug-likeness (QED) is 0.700. The summed E-state index contributed by atoms with van der Waals surface area (Å²) in [6.07, 6.45) is 0.493. The monoisotopic (exact) mass is 288 g/mol. The molecule has 1 aromatic rings. The van der Waals surface area contributed by atoms with Crippen molar-refractivity contribution in [1.82, 2.24) is 5.32 Å². The van der Waals surface area contributed by atoms with E-state index < -0.39 is 11.4 Å². The predicted molar refractivity (Wildman–Crippen MR) is 80.4 cm³/mol. The highest BCUT2D eigenvalue weighted by molar-refractivity contribution is 5.95. The third-order valence-corrected chi connectivity index (χ3v) is 2.68. The smallest absolute Gasteiger partial charge is 0.251 e. The Labute approximate surface area is 124 Å². The number of carbonyl (C=O) groups excluding carboxylic acids is 2. The van der Waals surface area contributed by atoms with Crippen molar-refractivity contribution < 1.29 is 14.7 Å². The summed E-state index contributed by atoms with van der Waals surface area (Å²) < 4.78 is 0. The molecule has 0 aromatic heterocycles. The van der Waals surface area contributed by atoms with Gasteiger partial charge in [0.2, 0.25) is 5.91 Å². The van der Waals surface area contributed by atoms with E-state index in [1.165, 1.54) is 0 Å². The first-order valence-electron chi connectivity index (χ1n) is 6.65. The number of carbonyl (C=O) groups is 2. The summed E-state index contributed by atoms with van der Waals surface area (Å²) in [5.74, 6) is 4.96. The van der Waals surface area contributed by atoms with E-state index in [0.717, 1.165) is 5.56 Å². The molecule has 0 aliphatic rings. The van der Waals surface area contributed by atoms with Crippen LogP contribution in [-0.4, -0.2) is 29.1 Å². The van der Waals surface area contributed by atoms with Crippen molar-refractivity contribution in [1.29, 1.82) is 0 Å². The maximum atomic E-state index is 12.1. The van der Waals surface area contributed by atoms with Crippen LogP contribution in [0.5, 0.6) is 0 Å². The minimum absolute atomic E-state index is 0.0302.